The van der Waals surface area contributed by atoms with Crippen molar-refractivity contribution in [2.24, 2.45) is 5.92 Å². The van der Waals surface area contributed by atoms with E-state index < -0.39 is 29.3 Å². The van der Waals surface area contributed by atoms with E-state index >= 15 is 0 Å². The highest BCUT2D eigenvalue weighted by Gasteiger charge is 2.43. The Morgan fingerprint density at radius 2 is 1.78 bits per heavy atom. The van der Waals surface area contributed by atoms with Crippen LogP contribution in [0, 0.1) is 11.7 Å². The Labute approximate surface area is 183 Å². The molecule has 0 bridgehead atoms. The van der Waals surface area contributed by atoms with E-state index in [1.54, 1.807) is 11.9 Å². The average molecular weight is 455 g/mol. The van der Waals surface area contributed by atoms with E-state index in [-0.39, 0.29) is 30.6 Å². The lowest BCUT2D eigenvalue weighted by atomic mass is 9.95. The van der Waals surface area contributed by atoms with Gasteiger partial charge in [-0.1, -0.05) is 18.6 Å². The molecule has 1 fully saturated rings. The summed E-state index contributed by atoms with van der Waals surface area (Å²) in [4.78, 5) is 28.4. The molecule has 0 N–H and O–H groups in total. The molecule has 0 radical (unpaired) electrons. The van der Waals surface area contributed by atoms with Crippen LogP contribution in [0.15, 0.2) is 24.3 Å². The molecule has 1 aliphatic heterocycles. The van der Waals surface area contributed by atoms with Gasteiger partial charge in [0.1, 0.15) is 5.82 Å². The molecule has 2 amide bonds. The zero-order valence-corrected chi connectivity index (χ0v) is 17.9. The molecule has 0 atom stereocenters. The van der Waals surface area contributed by atoms with Crippen molar-refractivity contribution in [2.45, 2.75) is 38.8 Å². The van der Waals surface area contributed by atoms with Crippen molar-refractivity contribution in [2.75, 3.05) is 26.7 Å². The number of benzene rings is 1. The lowest BCUT2D eigenvalue weighted by molar-refractivity contribution is -0.143. The predicted octanol–water partition coefficient (Wildman–Crippen LogP) is 3.54. The lowest BCUT2D eigenvalue weighted by Crippen LogP contribution is -2.44. The van der Waals surface area contributed by atoms with Gasteiger partial charge in [0.15, 0.2) is 11.4 Å². The van der Waals surface area contributed by atoms with Gasteiger partial charge in [-0.2, -0.15) is 13.2 Å². The summed E-state index contributed by atoms with van der Waals surface area (Å²) in [5, 5.41) is 7.01. The molecular formula is C21H25F4N5O2. The molecule has 1 saturated heterocycles. The van der Waals surface area contributed by atoms with Crippen LogP contribution in [0.4, 0.5) is 17.6 Å². The van der Waals surface area contributed by atoms with Gasteiger partial charge in [-0.3, -0.25) is 9.59 Å². The van der Waals surface area contributed by atoms with Crippen molar-refractivity contribution >= 4 is 11.8 Å². The summed E-state index contributed by atoms with van der Waals surface area (Å²) in [6.07, 6.45) is -2.31. The molecule has 3 rings (SSSR count). The molecule has 1 aliphatic rings. The predicted molar refractivity (Wildman–Crippen MR) is 107 cm³/mol. The van der Waals surface area contributed by atoms with E-state index in [1.165, 1.54) is 4.90 Å². The fourth-order valence-corrected chi connectivity index (χ4v) is 3.74. The Kier molecular flexibility index (Phi) is 7.15. The van der Waals surface area contributed by atoms with Gasteiger partial charge in [0.25, 0.3) is 5.91 Å². The number of carbonyl (C=O) groups excluding carboxylic acids is 2. The molecule has 2 heterocycles. The third kappa shape index (κ3) is 5.08. The normalized spacial score (nSPS) is 15.1. The first kappa shape index (κ1) is 23.7. The van der Waals surface area contributed by atoms with Crippen LogP contribution in [0.1, 0.15) is 48.8 Å². The Bertz CT molecular complexity index is 950. The number of rotatable bonds is 6. The summed E-state index contributed by atoms with van der Waals surface area (Å²) in [6.45, 7) is 2.98. The molecular weight excluding hydrogens is 430 g/mol. The first-order valence-electron chi connectivity index (χ1n) is 10.5. The van der Waals surface area contributed by atoms with Gasteiger partial charge in [0, 0.05) is 32.6 Å². The number of unbranched alkanes of at least 4 members (excludes halogenated alkanes) is 1. The molecule has 0 spiro atoms. The highest BCUT2D eigenvalue weighted by atomic mass is 19.4. The molecule has 174 valence electrons. The monoisotopic (exact) mass is 455 g/mol. The van der Waals surface area contributed by atoms with Gasteiger partial charge in [-0.25, -0.2) is 9.07 Å². The molecule has 1 aromatic heterocycles. The third-order valence-corrected chi connectivity index (χ3v) is 5.57. The van der Waals surface area contributed by atoms with Crippen LogP contribution in [-0.4, -0.2) is 63.3 Å². The van der Waals surface area contributed by atoms with E-state index in [9.17, 15) is 27.2 Å². The minimum Gasteiger partial charge on any atom is -0.346 e. The van der Waals surface area contributed by atoms with Crippen molar-refractivity contribution < 1.29 is 27.2 Å². The van der Waals surface area contributed by atoms with Crippen molar-refractivity contribution in [3.8, 4) is 5.69 Å². The molecule has 1 aromatic carbocycles. The number of nitrogens with zero attached hydrogens (tertiary/aromatic N) is 5. The number of hydrogen-bond donors (Lipinski definition) is 0. The second-order valence-electron chi connectivity index (χ2n) is 7.85. The fourth-order valence-electron chi connectivity index (χ4n) is 3.74. The lowest BCUT2D eigenvalue weighted by Gasteiger charge is -2.33. The highest BCUT2D eigenvalue weighted by molar-refractivity contribution is 5.94. The van der Waals surface area contributed by atoms with Crippen molar-refractivity contribution in [3.63, 3.8) is 0 Å². The maximum atomic E-state index is 13.8. The van der Waals surface area contributed by atoms with Gasteiger partial charge in [-0.15, -0.1) is 5.10 Å². The zero-order chi connectivity index (χ0) is 23.5. The molecule has 0 unspecified atom stereocenters. The van der Waals surface area contributed by atoms with Gasteiger partial charge in [0.05, 0.1) is 5.69 Å². The molecule has 32 heavy (non-hydrogen) atoms. The van der Waals surface area contributed by atoms with Crippen LogP contribution >= 0.6 is 0 Å². The van der Waals surface area contributed by atoms with E-state index in [0.29, 0.717) is 24.1 Å². The third-order valence-electron chi connectivity index (χ3n) is 5.57. The summed E-state index contributed by atoms with van der Waals surface area (Å²) >= 11 is 0. The maximum Gasteiger partial charge on any atom is 0.435 e. The Balaban J connectivity index is 1.76. The molecule has 11 heteroatoms. The zero-order valence-electron chi connectivity index (χ0n) is 17.9. The van der Waals surface area contributed by atoms with E-state index in [1.807, 2.05) is 6.92 Å². The average Bonchev–Trinajstić information content (AvgIpc) is 3.23. The van der Waals surface area contributed by atoms with E-state index in [4.69, 9.17) is 0 Å². The van der Waals surface area contributed by atoms with Crippen LogP contribution in [0.5, 0.6) is 0 Å². The van der Waals surface area contributed by atoms with Crippen LogP contribution in [-0.2, 0) is 11.0 Å². The second-order valence-corrected chi connectivity index (χ2v) is 7.85. The van der Waals surface area contributed by atoms with Crippen LogP contribution in [0.2, 0.25) is 0 Å². The number of halogens is 4. The largest absolute Gasteiger partial charge is 0.435 e. The summed E-state index contributed by atoms with van der Waals surface area (Å²) in [7, 11) is 1.74. The van der Waals surface area contributed by atoms with Gasteiger partial charge in [0.2, 0.25) is 5.91 Å². The molecule has 7 nitrogen and oxygen atoms in total. The molecule has 0 saturated carbocycles. The Hall–Kier alpha value is -2.98. The summed E-state index contributed by atoms with van der Waals surface area (Å²) in [6, 6.07) is 4.25. The standard InChI is InChI=1S/C21H25F4N5O2/c1-3-4-11-28(2)19(31)14-9-12-29(13-10-14)20(32)17-18(21(23,24)25)30(27-26-17)16-7-5-15(22)6-8-16/h5-8,14H,3-4,9-13H2,1-2H3. The van der Waals surface area contributed by atoms with Crippen LogP contribution in [0.25, 0.3) is 5.69 Å². The van der Waals surface area contributed by atoms with E-state index in [2.05, 4.69) is 10.3 Å². The fraction of sp³-hybridized carbons (Fsp3) is 0.524. The van der Waals surface area contributed by atoms with Crippen LogP contribution in [0.3, 0.4) is 0 Å². The number of carbonyl (C=O) groups is 2. The number of likely N-dealkylation sites (tertiary alicyclic amines) is 1. The van der Waals surface area contributed by atoms with E-state index in [0.717, 1.165) is 37.1 Å². The van der Waals surface area contributed by atoms with Gasteiger partial charge >= 0.3 is 6.18 Å². The first-order valence-corrected chi connectivity index (χ1v) is 10.5. The second kappa shape index (κ2) is 9.66. The van der Waals surface area contributed by atoms with Crippen molar-refractivity contribution in [1.82, 2.24) is 24.8 Å². The number of hydrogen-bond acceptors (Lipinski definition) is 4. The quantitative estimate of drug-likeness (QED) is 0.625. The Morgan fingerprint density at radius 1 is 1.16 bits per heavy atom. The topological polar surface area (TPSA) is 71.3 Å². The first-order chi connectivity index (χ1) is 15.1. The molecule has 2 aromatic rings. The van der Waals surface area contributed by atoms with Gasteiger partial charge in [-0.05, 0) is 43.5 Å². The Morgan fingerprint density at radius 3 is 2.34 bits per heavy atom. The minimum atomic E-state index is -4.90. The summed E-state index contributed by atoms with van der Waals surface area (Å²) in [5.41, 5.74) is -2.19. The number of amides is 2. The maximum absolute atomic E-state index is 13.8. The minimum absolute atomic E-state index is 0.0104. The molecule has 0 aliphatic carbocycles. The van der Waals surface area contributed by atoms with Crippen LogP contribution < -0.4 is 0 Å². The summed E-state index contributed by atoms with van der Waals surface area (Å²) in [5.74, 6) is -1.78. The smallest absolute Gasteiger partial charge is 0.346 e. The SMILES string of the molecule is CCCCN(C)C(=O)C1CCN(C(=O)c2nnn(-c3ccc(F)cc3)c2C(F)(F)F)CC1. The highest BCUT2D eigenvalue weighted by Crippen LogP contribution is 2.34. The number of piperidine rings is 1. The summed E-state index contributed by atoms with van der Waals surface area (Å²) < 4.78 is 55.0. The number of alkyl halides is 3. The van der Waals surface area contributed by atoms with Crippen molar-refractivity contribution in [1.29, 1.82) is 0 Å². The van der Waals surface area contributed by atoms with Gasteiger partial charge < -0.3 is 9.80 Å². The van der Waals surface area contributed by atoms with Crippen molar-refractivity contribution in [3.05, 3.63) is 41.5 Å². The number of aromatic nitrogens is 3.